The van der Waals surface area contributed by atoms with Gasteiger partial charge in [-0.15, -0.1) is 11.3 Å². The third-order valence-electron chi connectivity index (χ3n) is 2.88. The molecule has 0 radical (unpaired) electrons. The largest absolute Gasteiger partial charge is 0.360 e. The maximum absolute atomic E-state index is 4.52. The third kappa shape index (κ3) is 2.78. The van der Waals surface area contributed by atoms with Gasteiger partial charge in [0.25, 0.3) is 0 Å². The van der Waals surface area contributed by atoms with E-state index in [9.17, 15) is 0 Å². The summed E-state index contributed by atoms with van der Waals surface area (Å²) in [6.45, 7) is 1.95. The van der Waals surface area contributed by atoms with Crippen molar-refractivity contribution in [2.75, 3.05) is 5.43 Å². The summed E-state index contributed by atoms with van der Waals surface area (Å²) in [7, 11) is 0. The molecule has 5 heteroatoms. The summed E-state index contributed by atoms with van der Waals surface area (Å²) >= 11 is 1.54. The van der Waals surface area contributed by atoms with Crippen molar-refractivity contribution in [2.45, 2.75) is 6.92 Å². The van der Waals surface area contributed by atoms with Gasteiger partial charge in [-0.25, -0.2) is 4.98 Å². The zero-order chi connectivity index (χ0) is 13.8. The maximum Gasteiger partial charge on any atom is 0.203 e. The number of hydrazone groups is 1. The van der Waals surface area contributed by atoms with E-state index in [0.717, 1.165) is 27.8 Å². The van der Waals surface area contributed by atoms with Gasteiger partial charge in [-0.2, -0.15) is 5.10 Å². The first-order chi connectivity index (χ1) is 9.83. The molecule has 0 aliphatic carbocycles. The first kappa shape index (κ1) is 12.6. The van der Waals surface area contributed by atoms with Gasteiger partial charge in [0.1, 0.15) is 0 Å². The van der Waals surface area contributed by atoms with Crippen LogP contribution in [0.5, 0.6) is 0 Å². The topological polar surface area (TPSA) is 53.1 Å². The van der Waals surface area contributed by atoms with Crippen LogP contribution in [-0.2, 0) is 0 Å². The Morgan fingerprint density at radius 3 is 2.80 bits per heavy atom. The molecule has 3 rings (SSSR count). The molecule has 0 fully saturated rings. The molecule has 0 aliphatic rings. The SMILES string of the molecule is C/C(=N\Nc1nc(-c2ccccc2)cs1)c1ccc[nH]1. The zero-order valence-corrected chi connectivity index (χ0v) is 11.8. The minimum atomic E-state index is 0.787. The Morgan fingerprint density at radius 2 is 2.05 bits per heavy atom. The second-order valence-electron chi connectivity index (χ2n) is 4.30. The standard InChI is InChI=1S/C15H14N4S/c1-11(13-8-5-9-16-13)18-19-15-17-14(10-20-15)12-6-3-2-4-7-12/h2-10,16H,1H3,(H,17,19)/b18-11+. The van der Waals surface area contributed by atoms with E-state index in [0.29, 0.717) is 0 Å². The maximum atomic E-state index is 4.52. The van der Waals surface area contributed by atoms with Crippen molar-refractivity contribution in [1.82, 2.24) is 9.97 Å². The molecule has 0 aliphatic heterocycles. The molecule has 2 N–H and O–H groups in total. The predicted molar refractivity (Wildman–Crippen MR) is 84.2 cm³/mol. The summed E-state index contributed by atoms with van der Waals surface area (Å²) in [5.41, 5.74) is 6.97. The van der Waals surface area contributed by atoms with Crippen molar-refractivity contribution in [3.05, 3.63) is 59.7 Å². The minimum Gasteiger partial charge on any atom is -0.360 e. The molecule has 0 amide bonds. The van der Waals surface area contributed by atoms with Gasteiger partial charge in [-0.3, -0.25) is 5.43 Å². The Morgan fingerprint density at radius 1 is 1.20 bits per heavy atom. The van der Waals surface area contributed by atoms with Gasteiger partial charge < -0.3 is 4.98 Å². The molecular formula is C15H14N4S. The number of nitrogens with zero attached hydrogens (tertiary/aromatic N) is 2. The van der Waals surface area contributed by atoms with Crippen LogP contribution in [0.4, 0.5) is 5.13 Å². The minimum absolute atomic E-state index is 0.787. The van der Waals surface area contributed by atoms with Gasteiger partial charge in [-0.05, 0) is 19.1 Å². The third-order valence-corrected chi connectivity index (χ3v) is 3.63. The van der Waals surface area contributed by atoms with Crippen molar-refractivity contribution >= 4 is 22.2 Å². The van der Waals surface area contributed by atoms with E-state index in [1.807, 2.05) is 61.0 Å². The number of thiazole rings is 1. The molecule has 0 spiro atoms. The van der Waals surface area contributed by atoms with Crippen molar-refractivity contribution in [2.24, 2.45) is 5.10 Å². The highest BCUT2D eigenvalue weighted by molar-refractivity contribution is 7.14. The molecule has 20 heavy (non-hydrogen) atoms. The van der Waals surface area contributed by atoms with Crippen LogP contribution in [0.25, 0.3) is 11.3 Å². The number of benzene rings is 1. The van der Waals surface area contributed by atoms with Crippen molar-refractivity contribution in [3.63, 3.8) is 0 Å². The van der Waals surface area contributed by atoms with E-state index in [2.05, 4.69) is 20.5 Å². The van der Waals surface area contributed by atoms with Crippen LogP contribution in [0.2, 0.25) is 0 Å². The highest BCUT2D eigenvalue weighted by atomic mass is 32.1. The molecule has 3 aromatic rings. The molecule has 1 aromatic carbocycles. The smallest absolute Gasteiger partial charge is 0.203 e. The van der Waals surface area contributed by atoms with Crippen molar-refractivity contribution in [1.29, 1.82) is 0 Å². The second kappa shape index (κ2) is 5.71. The van der Waals surface area contributed by atoms with Crippen LogP contribution in [-0.4, -0.2) is 15.7 Å². The van der Waals surface area contributed by atoms with E-state index in [1.54, 1.807) is 11.3 Å². The van der Waals surface area contributed by atoms with Crippen molar-refractivity contribution < 1.29 is 0 Å². The average molecular weight is 282 g/mol. The molecule has 0 saturated carbocycles. The van der Waals surface area contributed by atoms with Gasteiger partial charge in [0.2, 0.25) is 5.13 Å². The number of hydrogen-bond acceptors (Lipinski definition) is 4. The summed E-state index contributed by atoms with van der Waals surface area (Å²) in [6.07, 6.45) is 1.88. The van der Waals surface area contributed by atoms with E-state index in [4.69, 9.17) is 0 Å². The van der Waals surface area contributed by atoms with Crippen LogP contribution >= 0.6 is 11.3 Å². The highest BCUT2D eigenvalue weighted by Crippen LogP contribution is 2.24. The number of aromatic nitrogens is 2. The summed E-state index contributed by atoms with van der Waals surface area (Å²) in [5.74, 6) is 0. The Kier molecular flexibility index (Phi) is 3.60. The summed E-state index contributed by atoms with van der Waals surface area (Å²) in [5, 5.41) is 7.14. The summed E-state index contributed by atoms with van der Waals surface area (Å²) < 4.78 is 0. The van der Waals surface area contributed by atoms with Gasteiger partial charge in [0.15, 0.2) is 0 Å². The first-order valence-corrected chi connectivity index (χ1v) is 7.16. The Balaban J connectivity index is 1.74. The molecule has 0 bridgehead atoms. The molecule has 100 valence electrons. The van der Waals surface area contributed by atoms with Crippen LogP contribution in [0.15, 0.2) is 59.1 Å². The van der Waals surface area contributed by atoms with Gasteiger partial charge in [-0.1, -0.05) is 30.3 Å². The number of hydrogen-bond donors (Lipinski definition) is 2. The molecule has 0 atom stereocenters. The summed E-state index contributed by atoms with van der Waals surface area (Å²) in [4.78, 5) is 7.64. The lowest BCUT2D eigenvalue weighted by Gasteiger charge is -1.98. The molecule has 4 nitrogen and oxygen atoms in total. The fourth-order valence-corrected chi connectivity index (χ4v) is 2.48. The lowest BCUT2D eigenvalue weighted by molar-refractivity contribution is 1.25. The predicted octanol–water partition coefficient (Wildman–Crippen LogP) is 3.97. The normalized spacial score (nSPS) is 11.6. The fourth-order valence-electron chi connectivity index (χ4n) is 1.81. The van der Waals surface area contributed by atoms with E-state index in [-0.39, 0.29) is 0 Å². The first-order valence-electron chi connectivity index (χ1n) is 6.28. The Hall–Kier alpha value is -2.40. The summed E-state index contributed by atoms with van der Waals surface area (Å²) in [6, 6.07) is 14.0. The Bertz CT molecular complexity index is 699. The quantitative estimate of drug-likeness (QED) is 0.562. The van der Waals surface area contributed by atoms with Crippen LogP contribution in [0.3, 0.4) is 0 Å². The molecule has 0 unspecified atom stereocenters. The monoisotopic (exact) mass is 282 g/mol. The number of aromatic amines is 1. The number of anilines is 1. The van der Waals surface area contributed by atoms with Crippen LogP contribution in [0, 0.1) is 0 Å². The van der Waals surface area contributed by atoms with Crippen molar-refractivity contribution in [3.8, 4) is 11.3 Å². The average Bonchev–Trinajstić information content (AvgIpc) is 3.17. The van der Waals surface area contributed by atoms with Gasteiger partial charge in [0, 0.05) is 17.1 Å². The second-order valence-corrected chi connectivity index (χ2v) is 5.15. The molecule has 2 heterocycles. The molecule has 2 aromatic heterocycles. The van der Waals surface area contributed by atoms with E-state index < -0.39 is 0 Å². The van der Waals surface area contributed by atoms with Crippen LogP contribution < -0.4 is 5.43 Å². The molecule has 0 saturated heterocycles. The lowest BCUT2D eigenvalue weighted by Crippen LogP contribution is -1.99. The van der Waals surface area contributed by atoms with Gasteiger partial charge in [0.05, 0.1) is 17.1 Å². The highest BCUT2D eigenvalue weighted by Gasteiger charge is 2.03. The lowest BCUT2D eigenvalue weighted by atomic mass is 10.2. The zero-order valence-electron chi connectivity index (χ0n) is 11.0. The fraction of sp³-hybridized carbons (Fsp3) is 0.0667. The number of H-pyrrole nitrogens is 1. The molecular weight excluding hydrogens is 268 g/mol. The van der Waals surface area contributed by atoms with E-state index in [1.165, 1.54) is 0 Å². The number of rotatable bonds is 4. The van der Waals surface area contributed by atoms with E-state index >= 15 is 0 Å². The van der Waals surface area contributed by atoms with Gasteiger partial charge >= 0.3 is 0 Å². The number of nitrogens with one attached hydrogen (secondary N) is 2. The Labute approximate surface area is 121 Å². The van der Waals surface area contributed by atoms with Crippen LogP contribution in [0.1, 0.15) is 12.6 Å².